The zero-order valence-electron chi connectivity index (χ0n) is 11.1. The summed E-state index contributed by atoms with van der Waals surface area (Å²) in [5.74, 6) is 0. The van der Waals surface area contributed by atoms with E-state index < -0.39 is 11.7 Å². The Morgan fingerprint density at radius 1 is 1.38 bits per heavy atom. The minimum absolute atomic E-state index is 0.414. The molecule has 0 N–H and O–H groups in total. The Hall–Kier alpha value is -1.12. The fourth-order valence-electron chi connectivity index (χ4n) is 1.67. The molecule has 1 heterocycles. The van der Waals surface area contributed by atoms with Gasteiger partial charge in [-0.1, -0.05) is 30.0 Å². The summed E-state index contributed by atoms with van der Waals surface area (Å²) < 4.78 is 40.5. The molecule has 0 unspecified atom stereocenters. The minimum atomic E-state index is -4.37. The average Bonchev–Trinajstić information content (AvgIpc) is 2.78. The van der Waals surface area contributed by atoms with Gasteiger partial charge in [0.15, 0.2) is 9.12 Å². The number of thioether (sulfide) groups is 1. The van der Waals surface area contributed by atoms with E-state index in [1.54, 1.807) is 23.1 Å². The second-order valence-corrected chi connectivity index (χ2v) is 6.78. The Morgan fingerprint density at radius 3 is 2.71 bits per heavy atom. The molecule has 0 saturated heterocycles. The number of thiazole rings is 1. The topological polar surface area (TPSA) is 17.3 Å². The molecule has 1 aromatic heterocycles. The van der Waals surface area contributed by atoms with Gasteiger partial charge in [-0.2, -0.15) is 13.2 Å². The highest BCUT2D eigenvalue weighted by Gasteiger charge is 2.30. The van der Waals surface area contributed by atoms with Gasteiger partial charge in [-0.25, -0.2) is 4.99 Å². The van der Waals surface area contributed by atoms with E-state index in [2.05, 4.69) is 4.99 Å². The number of halogens is 3. The molecular weight excluding hydrogens is 337 g/mol. The minimum Gasteiger partial charge on any atom is -0.292 e. The van der Waals surface area contributed by atoms with E-state index in [4.69, 9.17) is 12.2 Å². The van der Waals surface area contributed by atoms with Gasteiger partial charge >= 0.3 is 6.18 Å². The van der Waals surface area contributed by atoms with Crippen LogP contribution in [0.1, 0.15) is 10.4 Å². The Morgan fingerprint density at radius 2 is 2.10 bits per heavy atom. The van der Waals surface area contributed by atoms with Crippen LogP contribution in [0.2, 0.25) is 0 Å². The predicted molar refractivity (Wildman–Crippen MR) is 85.1 cm³/mol. The molecule has 2 rings (SSSR count). The zero-order chi connectivity index (χ0) is 15.6. The smallest absolute Gasteiger partial charge is 0.292 e. The molecule has 0 saturated carbocycles. The number of hydrogen-bond donors (Lipinski definition) is 0. The normalized spacial score (nSPS) is 12.7. The lowest BCUT2D eigenvalue weighted by Crippen LogP contribution is -2.14. The number of alkyl halides is 3. The van der Waals surface area contributed by atoms with Gasteiger partial charge < -0.3 is 0 Å². The van der Waals surface area contributed by atoms with E-state index >= 15 is 0 Å². The van der Waals surface area contributed by atoms with Crippen molar-refractivity contribution < 1.29 is 13.2 Å². The maximum absolute atomic E-state index is 12.8. The van der Waals surface area contributed by atoms with Crippen LogP contribution in [0.5, 0.6) is 0 Å². The number of benzene rings is 1. The lowest BCUT2D eigenvalue weighted by Gasteiger charge is -2.09. The van der Waals surface area contributed by atoms with E-state index in [0.29, 0.717) is 14.8 Å². The SMILES string of the molecule is CSC(=S)N=c1sc(C)cn1-c1cccc(C(F)(F)F)c1. The van der Waals surface area contributed by atoms with E-state index in [1.165, 1.54) is 29.2 Å². The fraction of sp³-hybridized carbons (Fsp3) is 0.231. The van der Waals surface area contributed by atoms with Crippen LogP contribution in [-0.4, -0.2) is 15.1 Å². The van der Waals surface area contributed by atoms with Gasteiger partial charge in [-0.3, -0.25) is 4.57 Å². The van der Waals surface area contributed by atoms with Gasteiger partial charge in [0.25, 0.3) is 0 Å². The molecule has 2 aromatic rings. The van der Waals surface area contributed by atoms with Crippen molar-refractivity contribution in [2.75, 3.05) is 6.26 Å². The van der Waals surface area contributed by atoms with Gasteiger partial charge in [0.05, 0.1) is 5.56 Å². The van der Waals surface area contributed by atoms with E-state index in [1.807, 2.05) is 6.92 Å². The summed E-state index contributed by atoms with van der Waals surface area (Å²) in [5.41, 5.74) is -0.272. The summed E-state index contributed by atoms with van der Waals surface area (Å²) in [6.07, 6.45) is -0.809. The molecule has 0 aliphatic rings. The first kappa shape index (κ1) is 16.3. The first-order valence-corrected chi connectivity index (χ1v) is 8.25. The fourth-order valence-corrected chi connectivity index (χ4v) is 2.89. The molecule has 0 aliphatic heterocycles. The highest BCUT2D eigenvalue weighted by molar-refractivity contribution is 8.22. The van der Waals surface area contributed by atoms with Crippen LogP contribution in [0.4, 0.5) is 13.2 Å². The lowest BCUT2D eigenvalue weighted by molar-refractivity contribution is -0.137. The monoisotopic (exact) mass is 348 g/mol. The molecule has 8 heteroatoms. The Bertz CT molecular complexity index is 729. The molecule has 0 fully saturated rings. The van der Waals surface area contributed by atoms with Gasteiger partial charge in [0.1, 0.15) is 0 Å². The third-order valence-corrected chi connectivity index (χ3v) is 4.51. The molecular formula is C13H11F3N2S3. The molecule has 2 nitrogen and oxygen atoms in total. The van der Waals surface area contributed by atoms with Gasteiger partial charge in [-0.15, -0.1) is 11.3 Å². The molecule has 112 valence electrons. The Balaban J connectivity index is 2.58. The molecule has 0 spiro atoms. The second-order valence-electron chi connectivity index (χ2n) is 4.12. The van der Waals surface area contributed by atoms with Crippen LogP contribution in [0, 0.1) is 6.92 Å². The number of rotatable bonds is 1. The summed E-state index contributed by atoms with van der Waals surface area (Å²) in [5, 5.41) is 0. The van der Waals surface area contributed by atoms with Crippen LogP contribution >= 0.6 is 35.3 Å². The number of nitrogens with zero attached hydrogens (tertiary/aromatic N) is 2. The molecule has 0 aliphatic carbocycles. The van der Waals surface area contributed by atoms with Gasteiger partial charge in [0.2, 0.25) is 0 Å². The molecule has 0 radical (unpaired) electrons. The Labute approximate surface area is 133 Å². The summed E-state index contributed by atoms with van der Waals surface area (Å²) in [4.78, 5) is 5.76. The number of aromatic nitrogens is 1. The molecule has 0 atom stereocenters. The molecule has 0 bridgehead atoms. The molecule has 21 heavy (non-hydrogen) atoms. The number of thiocarbonyl (C=S) groups is 1. The highest BCUT2D eigenvalue weighted by Crippen LogP contribution is 2.30. The quantitative estimate of drug-likeness (QED) is 0.710. The van der Waals surface area contributed by atoms with Gasteiger partial charge in [-0.05, 0) is 31.4 Å². The van der Waals surface area contributed by atoms with Crippen LogP contribution in [-0.2, 0) is 6.18 Å². The van der Waals surface area contributed by atoms with Crippen molar-refractivity contribution in [2.24, 2.45) is 4.99 Å². The third kappa shape index (κ3) is 3.96. The summed E-state index contributed by atoms with van der Waals surface area (Å²) in [6, 6.07) is 5.15. The average molecular weight is 348 g/mol. The van der Waals surface area contributed by atoms with Crippen molar-refractivity contribution in [3.8, 4) is 5.69 Å². The van der Waals surface area contributed by atoms with Crippen LogP contribution in [0.3, 0.4) is 0 Å². The summed E-state index contributed by atoms with van der Waals surface area (Å²) in [6.45, 7) is 1.87. The van der Waals surface area contributed by atoms with Crippen molar-refractivity contribution in [2.45, 2.75) is 13.1 Å². The standard InChI is InChI=1S/C13H11F3N2S3/c1-8-7-18(11(21-8)17-12(19)20-2)10-5-3-4-9(6-10)13(14,15)16/h3-7H,1-2H3. The first-order chi connectivity index (χ1) is 9.81. The molecule has 0 amide bonds. The van der Waals surface area contributed by atoms with E-state index in [9.17, 15) is 13.2 Å². The molecule has 1 aromatic carbocycles. The van der Waals surface area contributed by atoms with Crippen LogP contribution in [0.25, 0.3) is 5.69 Å². The van der Waals surface area contributed by atoms with Gasteiger partial charge in [0, 0.05) is 16.8 Å². The predicted octanol–water partition coefficient (Wildman–Crippen LogP) is 4.41. The Kier molecular flexibility index (Phi) is 4.90. The van der Waals surface area contributed by atoms with Crippen molar-refractivity contribution in [3.05, 3.63) is 45.7 Å². The third-order valence-electron chi connectivity index (χ3n) is 2.58. The summed E-state index contributed by atoms with van der Waals surface area (Å²) in [7, 11) is 0. The second kappa shape index (κ2) is 6.33. The maximum atomic E-state index is 12.8. The van der Waals surface area contributed by atoms with Crippen molar-refractivity contribution in [1.29, 1.82) is 0 Å². The van der Waals surface area contributed by atoms with E-state index in [0.717, 1.165) is 17.0 Å². The van der Waals surface area contributed by atoms with Crippen LogP contribution in [0.15, 0.2) is 35.5 Å². The van der Waals surface area contributed by atoms with E-state index in [-0.39, 0.29) is 0 Å². The number of hydrogen-bond acceptors (Lipinski definition) is 3. The largest absolute Gasteiger partial charge is 0.416 e. The lowest BCUT2D eigenvalue weighted by atomic mass is 10.2. The zero-order valence-corrected chi connectivity index (χ0v) is 13.6. The summed E-state index contributed by atoms with van der Waals surface area (Å²) >= 11 is 7.75. The highest BCUT2D eigenvalue weighted by atomic mass is 32.2. The first-order valence-electron chi connectivity index (χ1n) is 5.80. The maximum Gasteiger partial charge on any atom is 0.416 e. The van der Waals surface area contributed by atoms with Crippen LogP contribution < -0.4 is 4.80 Å². The van der Waals surface area contributed by atoms with Crippen molar-refractivity contribution >= 4 is 39.6 Å². The van der Waals surface area contributed by atoms with Crippen molar-refractivity contribution in [3.63, 3.8) is 0 Å². The van der Waals surface area contributed by atoms with Crippen molar-refractivity contribution in [1.82, 2.24) is 4.57 Å². The number of aryl methyl sites for hydroxylation is 1.